The van der Waals surface area contributed by atoms with Gasteiger partial charge in [-0.15, -0.1) is 0 Å². The second kappa shape index (κ2) is 7.75. The van der Waals surface area contributed by atoms with E-state index < -0.39 is 0 Å². The van der Waals surface area contributed by atoms with Crippen LogP contribution in [0, 0.1) is 0 Å². The lowest BCUT2D eigenvalue weighted by Gasteiger charge is -2.41. The molecule has 3 rings (SSSR count). The second-order valence-electron chi connectivity index (χ2n) is 7.28. The molecule has 1 spiro atoms. The van der Waals surface area contributed by atoms with Gasteiger partial charge in [0.1, 0.15) is 0 Å². The highest BCUT2D eigenvalue weighted by molar-refractivity contribution is 5.46. The van der Waals surface area contributed by atoms with E-state index in [0.717, 1.165) is 31.1 Å². The largest absolute Gasteiger partial charge is 0.493 e. The van der Waals surface area contributed by atoms with Crippen LogP contribution in [0.4, 0.5) is 0 Å². The minimum absolute atomic E-state index is 0.374. The van der Waals surface area contributed by atoms with Crippen LogP contribution in [-0.2, 0) is 6.54 Å². The summed E-state index contributed by atoms with van der Waals surface area (Å²) in [6.07, 6.45) is 8.08. The molecule has 0 amide bonds. The molecule has 134 valence electrons. The van der Waals surface area contributed by atoms with Crippen molar-refractivity contribution in [1.82, 2.24) is 10.2 Å². The molecule has 1 aliphatic heterocycles. The zero-order chi connectivity index (χ0) is 17.0. The van der Waals surface area contributed by atoms with Gasteiger partial charge in [0.15, 0.2) is 11.5 Å². The predicted molar refractivity (Wildman–Crippen MR) is 97.9 cm³/mol. The smallest absolute Gasteiger partial charge is 0.165 e. The molecule has 1 aromatic carbocycles. The van der Waals surface area contributed by atoms with Crippen LogP contribution in [0.25, 0.3) is 0 Å². The zero-order valence-electron chi connectivity index (χ0n) is 15.4. The normalized spacial score (nSPS) is 23.5. The summed E-state index contributed by atoms with van der Waals surface area (Å²) in [4.78, 5) is 2.72. The topological polar surface area (TPSA) is 33.7 Å². The van der Waals surface area contributed by atoms with E-state index in [0.29, 0.717) is 11.6 Å². The molecule has 1 saturated carbocycles. The zero-order valence-corrected chi connectivity index (χ0v) is 15.4. The Balaban J connectivity index is 1.84. The fraction of sp³-hybridized carbons (Fsp3) is 0.700. The van der Waals surface area contributed by atoms with Crippen LogP contribution in [0.1, 0.15) is 51.0 Å². The first-order valence-electron chi connectivity index (χ1n) is 9.40. The van der Waals surface area contributed by atoms with E-state index in [1.165, 1.54) is 44.1 Å². The van der Waals surface area contributed by atoms with Crippen molar-refractivity contribution in [2.45, 2.75) is 63.6 Å². The van der Waals surface area contributed by atoms with Crippen molar-refractivity contribution in [2.75, 3.05) is 27.3 Å². The van der Waals surface area contributed by atoms with Crippen molar-refractivity contribution in [2.24, 2.45) is 0 Å². The highest BCUT2D eigenvalue weighted by Crippen LogP contribution is 2.43. The monoisotopic (exact) mass is 332 g/mol. The molecular weight excluding hydrogens is 300 g/mol. The molecule has 1 N–H and O–H groups in total. The Labute approximate surface area is 146 Å². The molecule has 1 aromatic rings. The quantitative estimate of drug-likeness (QED) is 0.863. The molecule has 4 heteroatoms. The summed E-state index contributed by atoms with van der Waals surface area (Å²) in [5, 5.41) is 3.69. The minimum Gasteiger partial charge on any atom is -0.493 e. The summed E-state index contributed by atoms with van der Waals surface area (Å²) in [5.74, 6) is 1.72. The van der Waals surface area contributed by atoms with E-state index in [1.807, 2.05) is 6.07 Å². The average Bonchev–Trinajstić information content (AvgIpc) is 2.92. The Morgan fingerprint density at radius 2 is 1.96 bits per heavy atom. The van der Waals surface area contributed by atoms with Gasteiger partial charge in [-0.3, -0.25) is 4.90 Å². The van der Waals surface area contributed by atoms with Gasteiger partial charge in [-0.1, -0.05) is 38.3 Å². The SMILES string of the molecule is CCN[C@@H]1CN(Cc2cccc(OC)c2OC)C2(CCCCC2)C1. The van der Waals surface area contributed by atoms with Gasteiger partial charge in [0.2, 0.25) is 0 Å². The second-order valence-corrected chi connectivity index (χ2v) is 7.28. The summed E-state index contributed by atoms with van der Waals surface area (Å²) >= 11 is 0. The molecule has 2 aliphatic rings. The first-order chi connectivity index (χ1) is 11.7. The lowest BCUT2D eigenvalue weighted by molar-refractivity contribution is 0.0849. The standard InChI is InChI=1S/C20H32N2O2/c1-4-21-17-13-20(11-6-5-7-12-20)22(15-17)14-16-9-8-10-18(23-2)19(16)24-3/h8-10,17,21H,4-7,11-15H2,1-3H3/t17-/m0/s1. The van der Waals surface area contributed by atoms with Crippen molar-refractivity contribution < 1.29 is 9.47 Å². The Hall–Kier alpha value is -1.26. The number of rotatable bonds is 6. The maximum atomic E-state index is 5.66. The summed E-state index contributed by atoms with van der Waals surface area (Å²) in [7, 11) is 3.45. The number of ether oxygens (including phenoxy) is 2. The lowest BCUT2D eigenvalue weighted by atomic mass is 9.79. The molecule has 1 saturated heterocycles. The van der Waals surface area contributed by atoms with Gasteiger partial charge in [-0.25, -0.2) is 0 Å². The number of hydrogen-bond acceptors (Lipinski definition) is 4. The van der Waals surface area contributed by atoms with E-state index in [-0.39, 0.29) is 0 Å². The van der Waals surface area contributed by atoms with Gasteiger partial charge >= 0.3 is 0 Å². The number of para-hydroxylation sites is 1. The highest BCUT2D eigenvalue weighted by atomic mass is 16.5. The van der Waals surface area contributed by atoms with E-state index in [4.69, 9.17) is 9.47 Å². The molecule has 1 aliphatic carbocycles. The molecule has 4 nitrogen and oxygen atoms in total. The van der Waals surface area contributed by atoms with Crippen LogP contribution >= 0.6 is 0 Å². The van der Waals surface area contributed by atoms with Crippen LogP contribution in [-0.4, -0.2) is 43.8 Å². The molecule has 24 heavy (non-hydrogen) atoms. The van der Waals surface area contributed by atoms with Crippen LogP contribution in [0.5, 0.6) is 11.5 Å². The van der Waals surface area contributed by atoms with Crippen molar-refractivity contribution in [3.05, 3.63) is 23.8 Å². The molecular formula is C20H32N2O2. The van der Waals surface area contributed by atoms with Gasteiger partial charge in [0.25, 0.3) is 0 Å². The maximum Gasteiger partial charge on any atom is 0.165 e. The van der Waals surface area contributed by atoms with Crippen LogP contribution in [0.2, 0.25) is 0 Å². The third-order valence-electron chi connectivity index (χ3n) is 5.86. The van der Waals surface area contributed by atoms with Gasteiger partial charge < -0.3 is 14.8 Å². The molecule has 0 radical (unpaired) electrons. The van der Waals surface area contributed by atoms with Crippen molar-refractivity contribution >= 4 is 0 Å². The summed E-state index contributed by atoms with van der Waals surface area (Å²) in [6, 6.07) is 6.84. The summed E-state index contributed by atoms with van der Waals surface area (Å²) < 4.78 is 11.1. The fourth-order valence-corrected chi connectivity index (χ4v) is 4.78. The lowest BCUT2D eigenvalue weighted by Crippen LogP contribution is -2.44. The van der Waals surface area contributed by atoms with Crippen LogP contribution in [0.3, 0.4) is 0 Å². The summed E-state index contributed by atoms with van der Waals surface area (Å²) in [5.41, 5.74) is 1.61. The first kappa shape index (κ1) is 17.6. The number of hydrogen-bond donors (Lipinski definition) is 1. The van der Waals surface area contributed by atoms with Crippen LogP contribution in [0.15, 0.2) is 18.2 Å². The third kappa shape index (κ3) is 3.40. The fourth-order valence-electron chi connectivity index (χ4n) is 4.78. The predicted octanol–water partition coefficient (Wildman–Crippen LogP) is 3.59. The van der Waals surface area contributed by atoms with Gasteiger partial charge in [-0.2, -0.15) is 0 Å². The van der Waals surface area contributed by atoms with Crippen LogP contribution < -0.4 is 14.8 Å². The number of nitrogens with one attached hydrogen (secondary N) is 1. The van der Waals surface area contributed by atoms with Gasteiger partial charge in [0.05, 0.1) is 14.2 Å². The molecule has 0 bridgehead atoms. The number of likely N-dealkylation sites (N-methyl/N-ethyl adjacent to an activating group) is 1. The Morgan fingerprint density at radius 1 is 1.17 bits per heavy atom. The highest BCUT2D eigenvalue weighted by Gasteiger charge is 2.45. The average molecular weight is 332 g/mol. The van der Waals surface area contributed by atoms with Crippen molar-refractivity contribution in [1.29, 1.82) is 0 Å². The first-order valence-corrected chi connectivity index (χ1v) is 9.40. The Morgan fingerprint density at radius 3 is 2.62 bits per heavy atom. The van der Waals surface area contributed by atoms with E-state index in [9.17, 15) is 0 Å². The number of likely N-dealkylation sites (tertiary alicyclic amines) is 1. The van der Waals surface area contributed by atoms with Gasteiger partial charge in [-0.05, 0) is 31.9 Å². The maximum absolute atomic E-state index is 5.66. The molecule has 1 atom stereocenters. The van der Waals surface area contributed by atoms with E-state index in [1.54, 1.807) is 14.2 Å². The Kier molecular flexibility index (Phi) is 5.67. The molecule has 0 aromatic heterocycles. The van der Waals surface area contributed by atoms with Crippen molar-refractivity contribution in [3.63, 3.8) is 0 Å². The summed E-state index contributed by atoms with van der Waals surface area (Å²) in [6.45, 7) is 5.34. The number of methoxy groups -OCH3 is 2. The number of nitrogens with zero attached hydrogens (tertiary/aromatic N) is 1. The molecule has 0 unspecified atom stereocenters. The molecule has 2 fully saturated rings. The van der Waals surface area contributed by atoms with Gasteiger partial charge in [0, 0.05) is 30.2 Å². The third-order valence-corrected chi connectivity index (χ3v) is 5.86. The van der Waals surface area contributed by atoms with E-state index >= 15 is 0 Å². The Bertz CT molecular complexity index is 540. The molecule has 1 heterocycles. The van der Waals surface area contributed by atoms with E-state index in [2.05, 4.69) is 29.3 Å². The van der Waals surface area contributed by atoms with Crippen molar-refractivity contribution in [3.8, 4) is 11.5 Å². The number of benzene rings is 1. The minimum atomic E-state index is 0.374.